The Hall–Kier alpha value is -4.68. The third-order valence-corrected chi connectivity index (χ3v) is 7.82. The molecule has 3 aromatic rings. The average Bonchev–Trinajstić information content (AvgIpc) is 2.93. The second-order valence-electron chi connectivity index (χ2n) is 10.1. The van der Waals surface area contributed by atoms with Gasteiger partial charge in [-0.3, -0.25) is 19.8 Å². The summed E-state index contributed by atoms with van der Waals surface area (Å²) < 4.78 is 19.4. The van der Waals surface area contributed by atoms with Gasteiger partial charge < -0.3 is 10.5 Å². The smallest absolute Gasteiger partial charge is 0.293 e. The van der Waals surface area contributed by atoms with E-state index in [4.69, 9.17) is 22.1 Å². The van der Waals surface area contributed by atoms with Crippen molar-refractivity contribution in [3.63, 3.8) is 0 Å². The molecule has 41 heavy (non-hydrogen) atoms. The van der Waals surface area contributed by atoms with Gasteiger partial charge >= 0.3 is 0 Å². The quantitative estimate of drug-likeness (QED) is 0.252. The van der Waals surface area contributed by atoms with Crippen LogP contribution in [0.25, 0.3) is 0 Å². The van der Waals surface area contributed by atoms with Gasteiger partial charge in [-0.25, -0.2) is 4.39 Å². The van der Waals surface area contributed by atoms with Gasteiger partial charge in [-0.05, 0) is 67.6 Å². The number of hydrogen-bond donors (Lipinski definition) is 1. The van der Waals surface area contributed by atoms with Gasteiger partial charge in [-0.1, -0.05) is 41.4 Å². The fourth-order valence-electron chi connectivity index (χ4n) is 5.64. The fourth-order valence-corrected chi connectivity index (χ4v) is 5.86. The van der Waals surface area contributed by atoms with Crippen LogP contribution in [0.3, 0.4) is 0 Å². The number of Topliss-reactive ketones (excluding diaryl/α,β-unsaturated/α-hetero) is 1. The first-order chi connectivity index (χ1) is 19.6. The number of rotatable bonds is 6. The first kappa shape index (κ1) is 27.9. The zero-order valence-electron chi connectivity index (χ0n) is 22.4. The van der Waals surface area contributed by atoms with Gasteiger partial charge in [-0.15, -0.1) is 0 Å². The van der Waals surface area contributed by atoms with Crippen molar-refractivity contribution < 1.29 is 18.8 Å². The highest BCUT2D eigenvalue weighted by Crippen LogP contribution is 2.48. The van der Waals surface area contributed by atoms with Crippen LogP contribution in [0, 0.1) is 41.1 Å². The van der Waals surface area contributed by atoms with Crippen LogP contribution in [0.4, 0.5) is 15.8 Å². The molecule has 2 N–H and O–H groups in total. The lowest BCUT2D eigenvalue weighted by molar-refractivity contribution is -0.384. The third kappa shape index (κ3) is 5.03. The number of allylic oxidation sites excluding steroid dienone is 3. The van der Waals surface area contributed by atoms with Crippen molar-refractivity contribution in [3.8, 4) is 11.8 Å². The zero-order valence-corrected chi connectivity index (χ0v) is 23.2. The summed E-state index contributed by atoms with van der Waals surface area (Å²) in [5.74, 6) is -0.982. The van der Waals surface area contributed by atoms with Crippen molar-refractivity contribution in [1.29, 1.82) is 5.26 Å². The summed E-state index contributed by atoms with van der Waals surface area (Å²) in [6, 6.07) is 16.1. The van der Waals surface area contributed by atoms with E-state index in [0.29, 0.717) is 36.3 Å². The average molecular weight is 573 g/mol. The van der Waals surface area contributed by atoms with Crippen LogP contribution in [0.1, 0.15) is 47.4 Å². The van der Waals surface area contributed by atoms with Crippen LogP contribution in [-0.2, 0) is 11.4 Å². The van der Waals surface area contributed by atoms with Crippen molar-refractivity contribution in [3.05, 3.63) is 120 Å². The first-order valence-electron chi connectivity index (χ1n) is 13.0. The van der Waals surface area contributed by atoms with Gasteiger partial charge in [0.15, 0.2) is 5.78 Å². The van der Waals surface area contributed by atoms with E-state index >= 15 is 0 Å². The van der Waals surface area contributed by atoms with Gasteiger partial charge in [0.2, 0.25) is 0 Å². The minimum Gasteiger partial charge on any atom is -0.487 e. The highest BCUT2D eigenvalue weighted by atomic mass is 35.5. The normalized spacial score (nSPS) is 16.9. The molecule has 8 nitrogen and oxygen atoms in total. The number of halogens is 2. The fraction of sp³-hybridized carbons (Fsp3) is 0.226. The molecule has 1 aliphatic carbocycles. The molecule has 1 unspecified atom stereocenters. The molecule has 0 saturated heterocycles. The standard InChI is InChI=1S/C31H26ClFN4O4/c1-17-12-19(16-41-28-11-10-20(33)14-23(28)32)18(2)21(13-17)29-22(15-34)31(35)36(26-8-5-9-27(38)30(26)29)24-6-3-4-7-25(24)37(39)40/h3-4,6-7,10-14,29H,5,8-9,16,35H2,1-2H3. The van der Waals surface area contributed by atoms with Crippen LogP contribution in [0.5, 0.6) is 5.75 Å². The number of para-hydroxylation sites is 2. The molecule has 1 aliphatic heterocycles. The van der Waals surface area contributed by atoms with Crippen LogP contribution < -0.4 is 15.4 Å². The molecule has 3 aromatic carbocycles. The molecule has 0 aromatic heterocycles. The highest BCUT2D eigenvalue weighted by molar-refractivity contribution is 6.32. The highest BCUT2D eigenvalue weighted by Gasteiger charge is 2.42. The van der Waals surface area contributed by atoms with Gasteiger partial charge in [-0.2, -0.15) is 5.26 Å². The van der Waals surface area contributed by atoms with Crippen molar-refractivity contribution in [2.24, 2.45) is 5.73 Å². The number of ketones is 1. The number of hydrogen-bond acceptors (Lipinski definition) is 7. The molecule has 1 heterocycles. The summed E-state index contributed by atoms with van der Waals surface area (Å²) in [6.07, 6.45) is 1.32. The van der Waals surface area contributed by atoms with Crippen molar-refractivity contribution in [2.45, 2.75) is 45.6 Å². The molecule has 0 saturated carbocycles. The minimum atomic E-state index is -0.755. The Labute approximate surface area is 241 Å². The van der Waals surface area contributed by atoms with Crippen molar-refractivity contribution >= 4 is 28.8 Å². The Bertz CT molecular complexity index is 1710. The third-order valence-electron chi connectivity index (χ3n) is 7.52. The van der Waals surface area contributed by atoms with Gasteiger partial charge in [0, 0.05) is 23.8 Å². The number of nitro groups is 1. The number of nitrogens with two attached hydrogens (primary N) is 1. The van der Waals surface area contributed by atoms with Crippen LogP contribution >= 0.6 is 11.6 Å². The molecule has 208 valence electrons. The van der Waals surface area contributed by atoms with Crippen LogP contribution in [0.15, 0.2) is 77.3 Å². The maximum atomic E-state index is 13.6. The molecule has 0 bridgehead atoms. The predicted octanol–water partition coefficient (Wildman–Crippen LogP) is 6.89. The van der Waals surface area contributed by atoms with E-state index < -0.39 is 16.7 Å². The van der Waals surface area contributed by atoms with E-state index in [0.717, 1.165) is 22.3 Å². The molecule has 5 rings (SSSR count). The molecule has 0 fully saturated rings. The van der Waals surface area contributed by atoms with Gasteiger partial charge in [0.05, 0.1) is 27.5 Å². The molecule has 2 aliphatic rings. The molecule has 0 amide bonds. The number of nitrogens with zero attached hydrogens (tertiary/aromatic N) is 3. The van der Waals surface area contributed by atoms with E-state index in [9.17, 15) is 24.6 Å². The summed E-state index contributed by atoms with van der Waals surface area (Å²) in [6.45, 7) is 3.89. The lowest BCUT2D eigenvalue weighted by atomic mass is 9.73. The van der Waals surface area contributed by atoms with Crippen molar-refractivity contribution in [2.75, 3.05) is 4.90 Å². The summed E-state index contributed by atoms with van der Waals surface area (Å²) in [7, 11) is 0. The number of aryl methyl sites for hydroxylation is 1. The number of ether oxygens (including phenoxy) is 1. The Morgan fingerprint density at radius 1 is 1.20 bits per heavy atom. The maximum absolute atomic E-state index is 13.6. The molecular formula is C31H26ClFN4O4. The number of nitriles is 1. The van der Waals surface area contributed by atoms with E-state index in [1.54, 1.807) is 18.2 Å². The second kappa shape index (κ2) is 11.1. The Balaban J connectivity index is 1.66. The van der Waals surface area contributed by atoms with Gasteiger partial charge in [0.1, 0.15) is 29.7 Å². The Kier molecular flexibility index (Phi) is 7.52. The number of carbonyl (C=O) groups excluding carboxylic acids is 1. The van der Waals surface area contributed by atoms with E-state index in [-0.39, 0.29) is 40.2 Å². The number of benzene rings is 3. The number of anilines is 1. The molecule has 0 radical (unpaired) electrons. The monoisotopic (exact) mass is 572 g/mol. The maximum Gasteiger partial charge on any atom is 0.293 e. The summed E-state index contributed by atoms with van der Waals surface area (Å²) in [5.41, 5.74) is 11.0. The number of nitro benzene ring substituents is 1. The zero-order chi connectivity index (χ0) is 29.4. The molecule has 0 spiro atoms. The largest absolute Gasteiger partial charge is 0.487 e. The summed E-state index contributed by atoms with van der Waals surface area (Å²) in [5, 5.41) is 22.4. The molecule has 10 heteroatoms. The van der Waals surface area contributed by atoms with E-state index in [1.807, 2.05) is 26.0 Å². The van der Waals surface area contributed by atoms with Crippen LogP contribution in [-0.4, -0.2) is 10.7 Å². The van der Waals surface area contributed by atoms with Crippen LogP contribution in [0.2, 0.25) is 5.02 Å². The summed E-state index contributed by atoms with van der Waals surface area (Å²) in [4.78, 5) is 26.5. The lowest BCUT2D eigenvalue weighted by Crippen LogP contribution is -2.39. The SMILES string of the molecule is Cc1cc(COc2ccc(F)cc2Cl)c(C)c(C2C(C#N)=C(N)N(c3ccccc3[N+](=O)[O-])C3=C2C(=O)CCC3)c1. The van der Waals surface area contributed by atoms with E-state index in [1.165, 1.54) is 29.2 Å². The Morgan fingerprint density at radius 3 is 2.66 bits per heavy atom. The lowest BCUT2D eigenvalue weighted by Gasteiger charge is -2.39. The predicted molar refractivity (Wildman–Crippen MR) is 153 cm³/mol. The van der Waals surface area contributed by atoms with Crippen molar-refractivity contribution in [1.82, 2.24) is 0 Å². The topological polar surface area (TPSA) is 122 Å². The minimum absolute atomic E-state index is 0.0528. The molecule has 1 atom stereocenters. The second-order valence-corrected chi connectivity index (χ2v) is 10.5. The Morgan fingerprint density at radius 2 is 1.95 bits per heavy atom. The number of carbonyl (C=O) groups is 1. The van der Waals surface area contributed by atoms with E-state index in [2.05, 4.69) is 6.07 Å². The van der Waals surface area contributed by atoms with Gasteiger partial charge in [0.25, 0.3) is 5.69 Å². The first-order valence-corrected chi connectivity index (χ1v) is 13.4. The summed E-state index contributed by atoms with van der Waals surface area (Å²) >= 11 is 6.15. The molecular weight excluding hydrogens is 547 g/mol.